The van der Waals surface area contributed by atoms with E-state index in [9.17, 15) is 8.42 Å². The number of piperazine rings is 1. The first-order valence-electron chi connectivity index (χ1n) is 10.0. The molecule has 4 rings (SSSR count). The van der Waals surface area contributed by atoms with E-state index in [1.54, 1.807) is 0 Å². The normalized spacial score (nSPS) is 25.8. The van der Waals surface area contributed by atoms with Crippen molar-refractivity contribution in [2.24, 2.45) is 0 Å². The van der Waals surface area contributed by atoms with Crippen molar-refractivity contribution in [1.29, 1.82) is 0 Å². The maximum Gasteiger partial charge on any atom is 0.127 e. The van der Waals surface area contributed by atoms with Gasteiger partial charge in [-0.15, -0.1) is 0 Å². The fourth-order valence-corrected chi connectivity index (χ4v) is 7.04. The molecule has 4 atom stereocenters. The summed E-state index contributed by atoms with van der Waals surface area (Å²) in [6.45, 7) is 5.45. The second kappa shape index (κ2) is 8.57. The molecule has 0 spiro atoms. The summed E-state index contributed by atoms with van der Waals surface area (Å²) in [4.78, 5) is 1.73. The molecule has 1 saturated heterocycles. The third-order valence-electron chi connectivity index (χ3n) is 5.85. The van der Waals surface area contributed by atoms with E-state index >= 15 is 0 Å². The Hall–Kier alpha value is -1.34. The number of hydrogen-bond acceptors (Lipinski definition) is 2. The monoisotopic (exact) mass is 416 g/mol. The average Bonchev–Trinajstić information content (AvgIpc) is 2.73. The third kappa shape index (κ3) is 4.01. The molecule has 4 nitrogen and oxygen atoms in total. The van der Waals surface area contributed by atoms with Crippen LogP contribution < -0.4 is 0 Å². The fraction of sp³-hybridized carbons (Fsp3) is 0.455. The standard InChI is InChI=1S/C22H28N2O2S2/c1-17-7-11-19(12-8-17)27(25)23-15-16-24(22-6-4-3-5-21(22)23)28(26)20-13-9-18(2)10-14-20/h7-14,21-22H,3-6,15-16H2,1-2H3/t21-,22-,27?,28?/m1/s1. The molecule has 1 aliphatic heterocycles. The van der Waals surface area contributed by atoms with E-state index in [1.165, 1.54) is 11.1 Å². The molecule has 1 heterocycles. The van der Waals surface area contributed by atoms with Crippen molar-refractivity contribution >= 4 is 22.0 Å². The Balaban J connectivity index is 1.56. The van der Waals surface area contributed by atoms with Crippen LogP contribution in [0.15, 0.2) is 58.3 Å². The topological polar surface area (TPSA) is 40.6 Å². The van der Waals surface area contributed by atoms with Crippen molar-refractivity contribution in [3.8, 4) is 0 Å². The van der Waals surface area contributed by atoms with Gasteiger partial charge in [0.15, 0.2) is 0 Å². The van der Waals surface area contributed by atoms with Crippen LogP contribution in [-0.2, 0) is 22.0 Å². The van der Waals surface area contributed by atoms with E-state index in [1.807, 2.05) is 62.4 Å². The minimum atomic E-state index is -1.16. The summed E-state index contributed by atoms with van der Waals surface area (Å²) >= 11 is 0. The highest BCUT2D eigenvalue weighted by atomic mass is 32.2. The Morgan fingerprint density at radius 1 is 0.679 bits per heavy atom. The Morgan fingerprint density at radius 3 is 1.39 bits per heavy atom. The molecule has 0 N–H and O–H groups in total. The Kier molecular flexibility index (Phi) is 6.11. The van der Waals surface area contributed by atoms with E-state index in [0.717, 1.165) is 35.5 Å². The second-order valence-corrected chi connectivity index (χ2v) is 10.7. The summed E-state index contributed by atoms with van der Waals surface area (Å²) in [7, 11) is -2.33. The molecule has 2 unspecified atom stereocenters. The van der Waals surface area contributed by atoms with E-state index in [0.29, 0.717) is 13.1 Å². The Labute approximate surface area is 173 Å². The molecule has 28 heavy (non-hydrogen) atoms. The zero-order chi connectivity index (χ0) is 19.7. The van der Waals surface area contributed by atoms with Crippen LogP contribution in [0.5, 0.6) is 0 Å². The van der Waals surface area contributed by atoms with Gasteiger partial charge in [-0.05, 0) is 51.0 Å². The van der Waals surface area contributed by atoms with Crippen LogP contribution in [0.25, 0.3) is 0 Å². The number of fused-ring (bicyclic) bond motifs is 1. The number of nitrogens with zero attached hydrogens (tertiary/aromatic N) is 2. The lowest BCUT2D eigenvalue weighted by molar-refractivity contribution is 0.104. The van der Waals surface area contributed by atoms with Crippen molar-refractivity contribution in [3.05, 3.63) is 59.7 Å². The van der Waals surface area contributed by atoms with Crippen LogP contribution in [0.2, 0.25) is 0 Å². The zero-order valence-electron chi connectivity index (χ0n) is 16.5. The van der Waals surface area contributed by atoms with Gasteiger partial charge in [0, 0.05) is 25.2 Å². The summed E-state index contributed by atoms with van der Waals surface area (Å²) in [5.74, 6) is 0. The molecule has 2 aliphatic rings. The van der Waals surface area contributed by atoms with Crippen molar-refractivity contribution in [3.63, 3.8) is 0 Å². The molecular weight excluding hydrogens is 388 g/mol. The summed E-state index contributed by atoms with van der Waals surface area (Å²) in [6, 6.07) is 16.4. The van der Waals surface area contributed by atoms with Gasteiger partial charge in [-0.2, -0.15) is 0 Å². The Morgan fingerprint density at radius 2 is 1.04 bits per heavy atom. The number of aryl methyl sites for hydroxylation is 2. The molecule has 6 heteroatoms. The minimum absolute atomic E-state index is 0.194. The first kappa shape index (κ1) is 20.0. The highest BCUT2D eigenvalue weighted by molar-refractivity contribution is 7.83. The van der Waals surface area contributed by atoms with Crippen molar-refractivity contribution in [1.82, 2.24) is 8.61 Å². The number of hydrogen-bond donors (Lipinski definition) is 0. The first-order chi connectivity index (χ1) is 13.5. The van der Waals surface area contributed by atoms with Crippen LogP contribution in [-0.4, -0.2) is 42.2 Å². The first-order valence-corrected chi connectivity index (χ1v) is 12.3. The lowest BCUT2D eigenvalue weighted by Crippen LogP contribution is -2.61. The maximum atomic E-state index is 13.3. The highest BCUT2D eigenvalue weighted by Gasteiger charge is 2.42. The third-order valence-corrected chi connectivity index (χ3v) is 8.96. The molecule has 1 saturated carbocycles. The Bertz CT molecular complexity index is 794. The van der Waals surface area contributed by atoms with Crippen LogP contribution in [0, 0.1) is 13.8 Å². The molecule has 2 fully saturated rings. The molecule has 150 valence electrons. The van der Waals surface area contributed by atoms with Crippen molar-refractivity contribution < 1.29 is 8.42 Å². The molecular formula is C22H28N2O2S2. The summed E-state index contributed by atoms with van der Waals surface area (Å²) in [5, 5.41) is 0. The van der Waals surface area contributed by atoms with Gasteiger partial charge in [0.05, 0.1) is 9.79 Å². The summed E-state index contributed by atoms with van der Waals surface area (Å²) in [6.07, 6.45) is 4.33. The quantitative estimate of drug-likeness (QED) is 0.756. The SMILES string of the molecule is Cc1ccc(S(=O)N2CCN(S(=O)c3ccc(C)cc3)[C@@H]3CCCC[C@H]32)cc1. The van der Waals surface area contributed by atoms with E-state index in [4.69, 9.17) is 0 Å². The van der Waals surface area contributed by atoms with Crippen LogP contribution in [0.4, 0.5) is 0 Å². The molecule has 0 radical (unpaired) electrons. The van der Waals surface area contributed by atoms with Gasteiger partial charge < -0.3 is 0 Å². The molecule has 0 bridgehead atoms. The minimum Gasteiger partial charge on any atom is -0.237 e. The summed E-state index contributed by atoms with van der Waals surface area (Å²) < 4.78 is 30.9. The van der Waals surface area contributed by atoms with Crippen LogP contribution in [0.3, 0.4) is 0 Å². The average molecular weight is 417 g/mol. The number of rotatable bonds is 4. The highest BCUT2D eigenvalue weighted by Crippen LogP contribution is 2.34. The van der Waals surface area contributed by atoms with Gasteiger partial charge in [-0.3, -0.25) is 0 Å². The maximum absolute atomic E-state index is 13.3. The van der Waals surface area contributed by atoms with Crippen molar-refractivity contribution in [2.75, 3.05) is 13.1 Å². The van der Waals surface area contributed by atoms with E-state index in [-0.39, 0.29) is 12.1 Å². The molecule has 0 amide bonds. The van der Waals surface area contributed by atoms with Crippen molar-refractivity contribution in [2.45, 2.75) is 61.4 Å². The van der Waals surface area contributed by atoms with Gasteiger partial charge in [-0.25, -0.2) is 17.0 Å². The largest absolute Gasteiger partial charge is 0.237 e. The van der Waals surface area contributed by atoms with Gasteiger partial charge >= 0.3 is 0 Å². The predicted octanol–water partition coefficient (Wildman–Crippen LogP) is 3.98. The second-order valence-electron chi connectivity index (χ2n) is 7.82. The van der Waals surface area contributed by atoms with Crippen LogP contribution >= 0.6 is 0 Å². The van der Waals surface area contributed by atoms with E-state index in [2.05, 4.69) is 8.61 Å². The molecule has 2 aromatic carbocycles. The fourth-order valence-electron chi connectivity index (χ4n) is 4.28. The summed E-state index contributed by atoms with van der Waals surface area (Å²) in [5.41, 5.74) is 2.35. The molecule has 0 aromatic heterocycles. The van der Waals surface area contributed by atoms with Gasteiger partial charge in [-0.1, -0.05) is 48.2 Å². The smallest absolute Gasteiger partial charge is 0.127 e. The predicted molar refractivity (Wildman–Crippen MR) is 115 cm³/mol. The lowest BCUT2D eigenvalue weighted by atomic mass is 9.89. The van der Waals surface area contributed by atoms with E-state index < -0.39 is 22.0 Å². The lowest BCUT2D eigenvalue weighted by Gasteiger charge is -2.48. The van der Waals surface area contributed by atoms with Gasteiger partial charge in [0.1, 0.15) is 22.0 Å². The molecule has 1 aliphatic carbocycles. The number of benzene rings is 2. The van der Waals surface area contributed by atoms with Gasteiger partial charge in [0.2, 0.25) is 0 Å². The van der Waals surface area contributed by atoms with Crippen LogP contribution in [0.1, 0.15) is 36.8 Å². The zero-order valence-corrected chi connectivity index (χ0v) is 18.2. The molecule has 2 aromatic rings. The van der Waals surface area contributed by atoms with Gasteiger partial charge in [0.25, 0.3) is 0 Å².